The molecular formula is C14H24N2O3S2. The molecule has 0 spiro atoms. The molecule has 0 saturated carbocycles. The Balaban J connectivity index is 2.81. The monoisotopic (exact) mass is 332 g/mol. The summed E-state index contributed by atoms with van der Waals surface area (Å²) in [6.45, 7) is 2.76. The van der Waals surface area contributed by atoms with E-state index in [0.29, 0.717) is 18.9 Å². The lowest BCUT2D eigenvalue weighted by atomic mass is 10.3. The van der Waals surface area contributed by atoms with Gasteiger partial charge in [-0.3, -0.25) is 0 Å². The van der Waals surface area contributed by atoms with Crippen molar-refractivity contribution in [2.45, 2.75) is 24.3 Å². The van der Waals surface area contributed by atoms with Gasteiger partial charge < -0.3 is 10.5 Å². The third-order valence-corrected chi connectivity index (χ3v) is 5.88. The second-order valence-corrected chi connectivity index (χ2v) is 7.74. The van der Waals surface area contributed by atoms with Crippen molar-refractivity contribution in [2.24, 2.45) is 5.73 Å². The summed E-state index contributed by atoms with van der Waals surface area (Å²) in [6.07, 6.45) is 2.84. The summed E-state index contributed by atoms with van der Waals surface area (Å²) in [5.74, 6) is 1.56. The first-order valence-corrected chi connectivity index (χ1v) is 9.66. The molecule has 0 radical (unpaired) electrons. The summed E-state index contributed by atoms with van der Waals surface area (Å²) in [6, 6.07) is 6.42. The Kier molecular flexibility index (Phi) is 7.51. The number of thioether (sulfide) groups is 1. The van der Waals surface area contributed by atoms with Gasteiger partial charge in [-0.05, 0) is 49.6 Å². The van der Waals surface area contributed by atoms with Crippen LogP contribution in [0.4, 0.5) is 0 Å². The van der Waals surface area contributed by atoms with Crippen LogP contribution in [0.5, 0.6) is 5.75 Å². The molecule has 0 saturated heterocycles. The zero-order chi connectivity index (χ0) is 15.9. The summed E-state index contributed by atoms with van der Waals surface area (Å²) in [7, 11) is -1.84. The minimum atomic E-state index is -3.46. The van der Waals surface area contributed by atoms with Gasteiger partial charge in [0.2, 0.25) is 10.0 Å². The average Bonchev–Trinajstić information content (AvgIpc) is 2.50. The van der Waals surface area contributed by atoms with Crippen molar-refractivity contribution >= 4 is 21.8 Å². The number of benzene rings is 1. The third kappa shape index (κ3) is 5.18. The molecule has 0 bridgehead atoms. The molecule has 5 nitrogen and oxygen atoms in total. The van der Waals surface area contributed by atoms with E-state index in [4.69, 9.17) is 10.5 Å². The highest BCUT2D eigenvalue weighted by molar-refractivity contribution is 7.98. The summed E-state index contributed by atoms with van der Waals surface area (Å²) >= 11 is 1.72. The number of sulfonamides is 1. The molecule has 1 aromatic carbocycles. The molecule has 1 rings (SSSR count). The molecule has 120 valence electrons. The maximum atomic E-state index is 12.5. The number of hydrogen-bond donors (Lipinski definition) is 1. The van der Waals surface area contributed by atoms with Crippen LogP contribution in [0, 0.1) is 0 Å². The lowest BCUT2D eigenvalue weighted by Gasteiger charge is -2.24. The van der Waals surface area contributed by atoms with Gasteiger partial charge >= 0.3 is 0 Å². The van der Waals surface area contributed by atoms with Crippen LogP contribution in [-0.4, -0.2) is 51.0 Å². The molecule has 21 heavy (non-hydrogen) atoms. The molecule has 7 heteroatoms. The van der Waals surface area contributed by atoms with E-state index in [1.165, 1.54) is 4.31 Å². The number of ether oxygens (including phenoxy) is 1. The van der Waals surface area contributed by atoms with E-state index >= 15 is 0 Å². The van der Waals surface area contributed by atoms with Crippen LogP contribution in [0.3, 0.4) is 0 Å². The van der Waals surface area contributed by atoms with E-state index in [2.05, 4.69) is 0 Å². The van der Waals surface area contributed by atoms with Crippen molar-refractivity contribution in [3.05, 3.63) is 24.3 Å². The van der Waals surface area contributed by atoms with Gasteiger partial charge in [0.05, 0.1) is 4.90 Å². The van der Waals surface area contributed by atoms with Crippen molar-refractivity contribution in [1.29, 1.82) is 0 Å². The number of nitrogens with two attached hydrogens (primary N) is 1. The molecule has 0 amide bonds. The van der Waals surface area contributed by atoms with Crippen molar-refractivity contribution in [3.8, 4) is 5.75 Å². The molecule has 2 N–H and O–H groups in total. The quantitative estimate of drug-likeness (QED) is 0.746. The van der Waals surface area contributed by atoms with Crippen LogP contribution in [-0.2, 0) is 10.0 Å². The molecule has 1 atom stereocenters. The fourth-order valence-corrected chi connectivity index (χ4v) is 3.73. The van der Waals surface area contributed by atoms with Crippen LogP contribution in [0.2, 0.25) is 0 Å². The zero-order valence-corrected chi connectivity index (χ0v) is 14.4. The minimum absolute atomic E-state index is 0.0318. The molecule has 0 aliphatic carbocycles. The van der Waals surface area contributed by atoms with E-state index in [-0.39, 0.29) is 10.9 Å². The number of nitrogens with zero attached hydrogens (tertiary/aromatic N) is 1. The summed E-state index contributed by atoms with van der Waals surface area (Å²) < 4.78 is 31.8. The Morgan fingerprint density at radius 2 is 1.95 bits per heavy atom. The van der Waals surface area contributed by atoms with E-state index in [9.17, 15) is 8.42 Å². The fraction of sp³-hybridized carbons (Fsp3) is 0.571. The van der Waals surface area contributed by atoms with Gasteiger partial charge in [-0.25, -0.2) is 8.42 Å². The van der Waals surface area contributed by atoms with Crippen LogP contribution in [0.1, 0.15) is 13.3 Å². The Bertz CT molecular complexity index is 518. The standard InChI is InChI=1S/C14H24N2O3S2/c1-12(8-11-20-3)16(2)21(17,18)14-6-4-13(5-7-14)19-10-9-15/h4-7,12H,8-11,15H2,1-3H3. The molecule has 1 aromatic rings. The van der Waals surface area contributed by atoms with Crippen molar-refractivity contribution in [3.63, 3.8) is 0 Å². The summed E-state index contributed by atoms with van der Waals surface area (Å²) in [4.78, 5) is 0.279. The van der Waals surface area contributed by atoms with E-state index < -0.39 is 10.0 Å². The second-order valence-electron chi connectivity index (χ2n) is 4.76. The lowest BCUT2D eigenvalue weighted by molar-refractivity contribution is 0.328. The van der Waals surface area contributed by atoms with Gasteiger partial charge in [0.25, 0.3) is 0 Å². The molecule has 0 aliphatic rings. The summed E-state index contributed by atoms with van der Waals surface area (Å²) in [5, 5.41) is 0. The van der Waals surface area contributed by atoms with E-state index in [0.717, 1.165) is 12.2 Å². The number of rotatable bonds is 9. The molecular weight excluding hydrogens is 308 g/mol. The fourth-order valence-electron chi connectivity index (χ4n) is 1.76. The van der Waals surface area contributed by atoms with E-state index in [1.807, 2.05) is 13.2 Å². The van der Waals surface area contributed by atoms with E-state index in [1.54, 1.807) is 43.1 Å². The molecule has 0 aliphatic heterocycles. The molecule has 0 heterocycles. The highest BCUT2D eigenvalue weighted by Gasteiger charge is 2.24. The molecule has 1 unspecified atom stereocenters. The SMILES string of the molecule is CSCCC(C)N(C)S(=O)(=O)c1ccc(OCCN)cc1. The van der Waals surface area contributed by atoms with Crippen LogP contribution < -0.4 is 10.5 Å². The highest BCUT2D eigenvalue weighted by Crippen LogP contribution is 2.21. The van der Waals surface area contributed by atoms with Gasteiger partial charge in [0.1, 0.15) is 12.4 Å². The topological polar surface area (TPSA) is 72.6 Å². The Labute approximate surface area is 131 Å². The van der Waals surface area contributed by atoms with Gasteiger partial charge in [-0.2, -0.15) is 16.1 Å². The smallest absolute Gasteiger partial charge is 0.243 e. The van der Waals surface area contributed by atoms with Gasteiger partial charge in [-0.15, -0.1) is 0 Å². The van der Waals surface area contributed by atoms with Crippen LogP contribution in [0.15, 0.2) is 29.2 Å². The van der Waals surface area contributed by atoms with Crippen molar-refractivity contribution in [2.75, 3.05) is 32.2 Å². The maximum absolute atomic E-state index is 12.5. The second kappa shape index (κ2) is 8.63. The lowest BCUT2D eigenvalue weighted by Crippen LogP contribution is -2.35. The first-order valence-electron chi connectivity index (χ1n) is 6.83. The predicted molar refractivity (Wildman–Crippen MR) is 88.4 cm³/mol. The Hall–Kier alpha value is -0.760. The van der Waals surface area contributed by atoms with Gasteiger partial charge in [0.15, 0.2) is 0 Å². The van der Waals surface area contributed by atoms with Crippen LogP contribution >= 0.6 is 11.8 Å². The van der Waals surface area contributed by atoms with Crippen molar-refractivity contribution < 1.29 is 13.2 Å². The van der Waals surface area contributed by atoms with Gasteiger partial charge in [0, 0.05) is 19.6 Å². The first-order chi connectivity index (χ1) is 9.93. The van der Waals surface area contributed by atoms with Crippen molar-refractivity contribution in [1.82, 2.24) is 4.31 Å². The zero-order valence-electron chi connectivity index (χ0n) is 12.8. The molecule has 0 aromatic heterocycles. The van der Waals surface area contributed by atoms with Crippen LogP contribution in [0.25, 0.3) is 0 Å². The minimum Gasteiger partial charge on any atom is -0.492 e. The average molecular weight is 332 g/mol. The maximum Gasteiger partial charge on any atom is 0.243 e. The van der Waals surface area contributed by atoms with Gasteiger partial charge in [-0.1, -0.05) is 0 Å². The largest absolute Gasteiger partial charge is 0.492 e. The highest BCUT2D eigenvalue weighted by atomic mass is 32.2. The Morgan fingerprint density at radius 3 is 2.48 bits per heavy atom. The molecule has 0 fully saturated rings. The first kappa shape index (κ1) is 18.3. The number of hydrogen-bond acceptors (Lipinski definition) is 5. The summed E-state index contributed by atoms with van der Waals surface area (Å²) in [5.41, 5.74) is 5.36. The third-order valence-electron chi connectivity index (χ3n) is 3.25. The predicted octanol–water partition coefficient (Wildman–Crippen LogP) is 1.79. The Morgan fingerprint density at radius 1 is 1.33 bits per heavy atom. The normalized spacial score (nSPS) is 13.4.